The van der Waals surface area contributed by atoms with E-state index in [1.165, 1.54) is 0 Å². The van der Waals surface area contributed by atoms with Gasteiger partial charge in [0.05, 0.1) is 0 Å². The van der Waals surface area contributed by atoms with Gasteiger partial charge in [-0.25, -0.2) is 0 Å². The molecule has 0 rings (SSSR count). The molecule has 1 N–H and O–H groups in total. The molecule has 0 fully saturated rings. The van der Waals surface area contributed by atoms with E-state index in [4.69, 9.17) is 0 Å². The summed E-state index contributed by atoms with van der Waals surface area (Å²) in [6.45, 7) is 14.5. The van der Waals surface area contributed by atoms with Gasteiger partial charge in [0.1, 0.15) is 0 Å². The van der Waals surface area contributed by atoms with E-state index in [9.17, 15) is 0 Å². The Kier molecular flexibility index (Phi) is 7.14. The highest BCUT2D eigenvalue weighted by atomic mass is 15.2. The molecule has 3 nitrogen and oxygen atoms in total. The van der Waals surface area contributed by atoms with Gasteiger partial charge in [-0.05, 0) is 41.0 Å². The van der Waals surface area contributed by atoms with E-state index in [1.807, 2.05) is 0 Å². The van der Waals surface area contributed by atoms with Crippen LogP contribution in [-0.2, 0) is 0 Å². The molecular weight excluding hydrogens is 186 g/mol. The van der Waals surface area contributed by atoms with Crippen molar-refractivity contribution >= 4 is 0 Å². The Bertz CT molecular complexity index is 151. The largest absolute Gasteiger partial charge is 0.314 e. The molecule has 0 aromatic carbocycles. The van der Waals surface area contributed by atoms with Crippen molar-refractivity contribution in [3.05, 3.63) is 0 Å². The fourth-order valence-corrected chi connectivity index (χ4v) is 1.33. The molecule has 0 amide bonds. The lowest BCUT2D eigenvalue weighted by Crippen LogP contribution is -2.48. The molecule has 0 bridgehead atoms. The van der Waals surface area contributed by atoms with Crippen molar-refractivity contribution in [1.82, 2.24) is 15.1 Å². The van der Waals surface area contributed by atoms with Gasteiger partial charge in [-0.2, -0.15) is 0 Å². The normalized spacial score (nSPS) is 12.8. The van der Waals surface area contributed by atoms with Gasteiger partial charge in [0.25, 0.3) is 0 Å². The van der Waals surface area contributed by atoms with Gasteiger partial charge in [-0.3, -0.25) is 0 Å². The molecule has 15 heavy (non-hydrogen) atoms. The summed E-state index contributed by atoms with van der Waals surface area (Å²) in [4.78, 5) is 4.70. The average molecular weight is 215 g/mol. The number of hydrogen-bond donors (Lipinski definition) is 1. The lowest BCUT2D eigenvalue weighted by atomic mass is 10.0. The predicted molar refractivity (Wildman–Crippen MR) is 68.4 cm³/mol. The van der Waals surface area contributed by atoms with Crippen LogP contribution in [0, 0.1) is 0 Å². The highest BCUT2D eigenvalue weighted by molar-refractivity contribution is 4.79. The number of nitrogens with zero attached hydrogens (tertiary/aromatic N) is 2. The van der Waals surface area contributed by atoms with Crippen LogP contribution in [0.25, 0.3) is 0 Å². The first-order chi connectivity index (χ1) is 6.94. The molecule has 0 saturated heterocycles. The van der Waals surface area contributed by atoms with Crippen molar-refractivity contribution in [2.24, 2.45) is 0 Å². The predicted octanol–water partition coefficient (Wildman–Crippen LogP) is 1.26. The minimum absolute atomic E-state index is 0.239. The van der Waals surface area contributed by atoms with Gasteiger partial charge in [-0.15, -0.1) is 0 Å². The standard InChI is InChI=1S/C12H29N3/c1-7-15(8-2)10-9-13-11-12(3,4)14(5)6/h13H,7-11H2,1-6H3. The Morgan fingerprint density at radius 3 is 2.00 bits per heavy atom. The summed E-state index contributed by atoms with van der Waals surface area (Å²) in [5.41, 5.74) is 0.239. The number of nitrogens with one attached hydrogen (secondary N) is 1. The molecule has 0 unspecified atom stereocenters. The fraction of sp³-hybridized carbons (Fsp3) is 1.00. The average Bonchev–Trinajstić information content (AvgIpc) is 2.18. The van der Waals surface area contributed by atoms with E-state index in [0.717, 1.165) is 32.7 Å². The first-order valence-electron chi connectivity index (χ1n) is 6.04. The topological polar surface area (TPSA) is 18.5 Å². The van der Waals surface area contributed by atoms with E-state index in [2.05, 4.69) is 56.9 Å². The highest BCUT2D eigenvalue weighted by Crippen LogP contribution is 2.07. The van der Waals surface area contributed by atoms with Crippen LogP contribution in [0.3, 0.4) is 0 Å². The lowest BCUT2D eigenvalue weighted by Gasteiger charge is -2.33. The maximum atomic E-state index is 3.52. The van der Waals surface area contributed by atoms with Crippen molar-refractivity contribution in [2.45, 2.75) is 33.2 Å². The Morgan fingerprint density at radius 2 is 1.60 bits per heavy atom. The minimum atomic E-state index is 0.239. The molecule has 0 spiro atoms. The van der Waals surface area contributed by atoms with Crippen molar-refractivity contribution in [1.29, 1.82) is 0 Å². The third kappa shape index (κ3) is 6.13. The maximum Gasteiger partial charge on any atom is 0.0271 e. The highest BCUT2D eigenvalue weighted by Gasteiger charge is 2.19. The summed E-state index contributed by atoms with van der Waals surface area (Å²) >= 11 is 0. The molecule has 0 aliphatic carbocycles. The van der Waals surface area contributed by atoms with Gasteiger partial charge in [-0.1, -0.05) is 13.8 Å². The van der Waals surface area contributed by atoms with E-state index < -0.39 is 0 Å². The third-order valence-corrected chi connectivity index (χ3v) is 3.27. The molecule has 92 valence electrons. The summed E-state index contributed by atoms with van der Waals surface area (Å²) in [5.74, 6) is 0. The summed E-state index contributed by atoms with van der Waals surface area (Å²) in [6.07, 6.45) is 0. The maximum absolute atomic E-state index is 3.52. The van der Waals surface area contributed by atoms with E-state index >= 15 is 0 Å². The first-order valence-corrected chi connectivity index (χ1v) is 6.04. The summed E-state index contributed by atoms with van der Waals surface area (Å²) in [7, 11) is 4.26. The first kappa shape index (κ1) is 14.9. The van der Waals surface area contributed by atoms with Crippen LogP contribution in [0.2, 0.25) is 0 Å². The smallest absolute Gasteiger partial charge is 0.0271 e. The molecule has 0 saturated carbocycles. The van der Waals surface area contributed by atoms with Crippen LogP contribution in [0.5, 0.6) is 0 Å². The van der Waals surface area contributed by atoms with E-state index in [0.29, 0.717) is 0 Å². The van der Waals surface area contributed by atoms with Crippen LogP contribution < -0.4 is 5.32 Å². The molecule has 0 aromatic rings. The fourth-order valence-electron chi connectivity index (χ4n) is 1.33. The van der Waals surface area contributed by atoms with Crippen LogP contribution >= 0.6 is 0 Å². The van der Waals surface area contributed by atoms with Crippen LogP contribution in [0.15, 0.2) is 0 Å². The molecule has 0 aliphatic heterocycles. The number of likely N-dealkylation sites (N-methyl/N-ethyl adjacent to an activating group) is 2. The van der Waals surface area contributed by atoms with E-state index in [-0.39, 0.29) is 5.54 Å². The molecule has 0 atom stereocenters. The zero-order valence-corrected chi connectivity index (χ0v) is 11.4. The second kappa shape index (κ2) is 7.20. The third-order valence-electron chi connectivity index (χ3n) is 3.27. The van der Waals surface area contributed by atoms with Gasteiger partial charge < -0.3 is 15.1 Å². The Hall–Kier alpha value is -0.120. The molecule has 0 radical (unpaired) electrons. The zero-order valence-electron chi connectivity index (χ0n) is 11.4. The van der Waals surface area contributed by atoms with Gasteiger partial charge in [0, 0.05) is 25.2 Å². The molecular formula is C12H29N3. The van der Waals surface area contributed by atoms with Crippen LogP contribution in [0.4, 0.5) is 0 Å². The molecule has 0 heterocycles. The van der Waals surface area contributed by atoms with Crippen LogP contribution in [0.1, 0.15) is 27.7 Å². The van der Waals surface area contributed by atoms with Crippen molar-refractivity contribution in [3.8, 4) is 0 Å². The van der Waals surface area contributed by atoms with Crippen molar-refractivity contribution in [3.63, 3.8) is 0 Å². The number of hydrogen-bond acceptors (Lipinski definition) is 3. The summed E-state index contributed by atoms with van der Waals surface area (Å²) < 4.78 is 0. The monoisotopic (exact) mass is 215 g/mol. The lowest BCUT2D eigenvalue weighted by molar-refractivity contribution is 0.187. The Balaban J connectivity index is 3.62. The Labute approximate surface area is 95.8 Å². The second-order valence-electron chi connectivity index (χ2n) is 4.91. The quantitative estimate of drug-likeness (QED) is 0.615. The summed E-state index contributed by atoms with van der Waals surface area (Å²) in [5, 5.41) is 3.52. The Morgan fingerprint density at radius 1 is 1.07 bits per heavy atom. The molecule has 3 heteroatoms. The van der Waals surface area contributed by atoms with E-state index in [1.54, 1.807) is 0 Å². The van der Waals surface area contributed by atoms with Gasteiger partial charge in [0.2, 0.25) is 0 Å². The minimum Gasteiger partial charge on any atom is -0.314 e. The molecule has 0 aromatic heterocycles. The van der Waals surface area contributed by atoms with Crippen LogP contribution in [-0.4, -0.2) is 62.2 Å². The number of rotatable bonds is 8. The molecule has 0 aliphatic rings. The van der Waals surface area contributed by atoms with Gasteiger partial charge in [0.15, 0.2) is 0 Å². The SMILES string of the molecule is CCN(CC)CCNCC(C)(C)N(C)C. The zero-order chi connectivity index (χ0) is 11.9. The van der Waals surface area contributed by atoms with Gasteiger partial charge >= 0.3 is 0 Å². The van der Waals surface area contributed by atoms with Crippen molar-refractivity contribution < 1.29 is 0 Å². The summed E-state index contributed by atoms with van der Waals surface area (Å²) in [6, 6.07) is 0. The van der Waals surface area contributed by atoms with Crippen molar-refractivity contribution in [2.75, 3.05) is 46.8 Å². The second-order valence-corrected chi connectivity index (χ2v) is 4.91.